The average Bonchev–Trinajstić information content (AvgIpc) is 3.19. The summed E-state index contributed by atoms with van der Waals surface area (Å²) in [5.41, 5.74) is 3.93. The fraction of sp³-hybridized carbons (Fsp3) is 0.464. The molecule has 0 bridgehead atoms. The molecule has 0 atom stereocenters. The van der Waals surface area contributed by atoms with Gasteiger partial charge in [-0.3, -0.25) is 4.79 Å². The van der Waals surface area contributed by atoms with Crippen LogP contribution in [0, 0.1) is 0 Å². The van der Waals surface area contributed by atoms with E-state index < -0.39 is 0 Å². The van der Waals surface area contributed by atoms with Gasteiger partial charge in [-0.2, -0.15) is 9.67 Å². The Labute approximate surface area is 198 Å². The van der Waals surface area contributed by atoms with Crippen molar-refractivity contribution >= 4 is 5.91 Å². The number of benzene rings is 2. The van der Waals surface area contributed by atoms with Crippen molar-refractivity contribution in [1.82, 2.24) is 14.8 Å². The third-order valence-corrected chi connectivity index (χ3v) is 5.65. The van der Waals surface area contributed by atoms with Crippen LogP contribution >= 0.6 is 0 Å². The van der Waals surface area contributed by atoms with Gasteiger partial charge in [0.2, 0.25) is 0 Å². The van der Waals surface area contributed by atoms with Crippen LogP contribution in [0.4, 0.5) is 0 Å². The van der Waals surface area contributed by atoms with E-state index in [0.29, 0.717) is 11.4 Å². The number of hydrogen-bond acceptors (Lipinski definition) is 4. The summed E-state index contributed by atoms with van der Waals surface area (Å²) < 4.78 is 7.07. The minimum atomic E-state index is -0.214. The van der Waals surface area contributed by atoms with Gasteiger partial charge in [-0.25, -0.2) is 0 Å². The molecule has 1 aromatic heterocycles. The number of carbonyl (C=O) groups is 1. The van der Waals surface area contributed by atoms with Crippen molar-refractivity contribution in [2.75, 3.05) is 0 Å². The van der Waals surface area contributed by atoms with Crippen molar-refractivity contribution in [3.05, 3.63) is 65.2 Å². The Morgan fingerprint density at radius 3 is 2.21 bits per heavy atom. The topological polar surface area (TPSA) is 57.0 Å². The number of rotatable bonds is 9. The number of ether oxygens (including phenoxy) is 1. The first-order valence-corrected chi connectivity index (χ1v) is 12.1. The van der Waals surface area contributed by atoms with Gasteiger partial charge in [-0.1, -0.05) is 83.4 Å². The van der Waals surface area contributed by atoms with Crippen molar-refractivity contribution in [3.8, 4) is 17.4 Å². The number of nitrogens with zero attached hydrogens (tertiary/aromatic N) is 3. The maximum Gasteiger partial charge on any atom is 0.336 e. The Hall–Kier alpha value is -2.95. The summed E-state index contributed by atoms with van der Waals surface area (Å²) in [6.45, 7) is 12.6. The lowest BCUT2D eigenvalue weighted by atomic mass is 9.87. The highest BCUT2D eigenvalue weighted by atomic mass is 16.5. The molecular formula is C28H37N3O2. The predicted octanol–water partition coefficient (Wildman–Crippen LogP) is 6.84. The highest BCUT2D eigenvalue weighted by molar-refractivity contribution is 5.97. The quantitative estimate of drug-likeness (QED) is 0.337. The smallest absolute Gasteiger partial charge is 0.336 e. The normalized spacial score (nSPS) is 11.7. The second-order valence-electron chi connectivity index (χ2n) is 9.94. The van der Waals surface area contributed by atoms with E-state index in [1.165, 1.54) is 41.5 Å². The highest BCUT2D eigenvalue weighted by Crippen LogP contribution is 2.27. The zero-order chi connectivity index (χ0) is 24.0. The molecular weight excluding hydrogens is 410 g/mol. The maximum atomic E-state index is 13.4. The van der Waals surface area contributed by atoms with Gasteiger partial charge in [0.1, 0.15) is 0 Å². The van der Waals surface area contributed by atoms with Gasteiger partial charge in [0.15, 0.2) is 5.82 Å². The molecule has 0 aliphatic heterocycles. The van der Waals surface area contributed by atoms with Crippen LogP contribution in [0.25, 0.3) is 11.4 Å². The van der Waals surface area contributed by atoms with Crippen molar-refractivity contribution in [2.24, 2.45) is 0 Å². The van der Waals surface area contributed by atoms with E-state index >= 15 is 0 Å². The zero-order valence-electron chi connectivity index (χ0n) is 20.9. The van der Waals surface area contributed by atoms with Crippen LogP contribution in [-0.2, 0) is 11.8 Å². The number of aryl methyl sites for hydroxylation is 1. The van der Waals surface area contributed by atoms with Crippen LogP contribution in [0.1, 0.15) is 88.7 Å². The van der Waals surface area contributed by atoms with Crippen molar-refractivity contribution in [2.45, 2.75) is 85.2 Å². The van der Waals surface area contributed by atoms with E-state index in [1.54, 1.807) is 0 Å². The fourth-order valence-electron chi connectivity index (χ4n) is 3.69. The van der Waals surface area contributed by atoms with Gasteiger partial charge in [-0.05, 0) is 55.4 Å². The molecule has 0 spiro atoms. The Kier molecular flexibility index (Phi) is 8.06. The molecule has 0 unspecified atom stereocenters. The molecule has 1 heterocycles. The van der Waals surface area contributed by atoms with E-state index in [1.807, 2.05) is 50.2 Å². The van der Waals surface area contributed by atoms with Crippen LogP contribution in [0.5, 0.6) is 6.01 Å². The Balaban J connectivity index is 1.88. The Bertz CT molecular complexity index is 1040. The predicted molar refractivity (Wildman–Crippen MR) is 134 cm³/mol. The molecule has 176 valence electrons. The molecule has 2 aromatic carbocycles. The monoisotopic (exact) mass is 447 g/mol. The molecule has 0 aliphatic rings. The van der Waals surface area contributed by atoms with Crippen molar-refractivity contribution in [3.63, 3.8) is 0 Å². The van der Waals surface area contributed by atoms with E-state index in [4.69, 9.17) is 4.74 Å². The van der Waals surface area contributed by atoms with Gasteiger partial charge < -0.3 is 4.74 Å². The molecule has 3 rings (SSSR count). The molecule has 0 N–H and O–H groups in total. The zero-order valence-corrected chi connectivity index (χ0v) is 20.9. The van der Waals surface area contributed by atoms with Crippen LogP contribution < -0.4 is 4.74 Å². The van der Waals surface area contributed by atoms with Gasteiger partial charge in [-0.15, -0.1) is 5.10 Å². The molecule has 5 heteroatoms. The van der Waals surface area contributed by atoms with E-state index in [-0.39, 0.29) is 23.4 Å². The second kappa shape index (κ2) is 10.8. The first-order valence-electron chi connectivity index (χ1n) is 12.1. The summed E-state index contributed by atoms with van der Waals surface area (Å²) in [5.74, 6) is 0.272. The van der Waals surface area contributed by atoms with Crippen molar-refractivity contribution in [1.29, 1.82) is 0 Å². The standard InChI is InChI=1S/C28H37N3O2/c1-7-8-9-10-11-21-12-14-23(15-13-21)26(32)31-25(29-27(30-31)33-20(2)3)22-16-18-24(19-17-22)28(4,5)6/h12-20H,7-11H2,1-6H3. The highest BCUT2D eigenvalue weighted by Gasteiger charge is 2.21. The van der Waals surface area contributed by atoms with Gasteiger partial charge in [0.25, 0.3) is 5.91 Å². The summed E-state index contributed by atoms with van der Waals surface area (Å²) >= 11 is 0. The van der Waals surface area contributed by atoms with E-state index in [0.717, 1.165) is 12.0 Å². The summed E-state index contributed by atoms with van der Waals surface area (Å²) in [6.07, 6.45) is 5.87. The Morgan fingerprint density at radius 2 is 1.64 bits per heavy atom. The number of aromatic nitrogens is 3. The van der Waals surface area contributed by atoms with Gasteiger partial charge in [0, 0.05) is 11.1 Å². The van der Waals surface area contributed by atoms with Gasteiger partial charge >= 0.3 is 6.01 Å². The summed E-state index contributed by atoms with van der Waals surface area (Å²) in [5, 5.41) is 4.40. The lowest BCUT2D eigenvalue weighted by Gasteiger charge is -2.19. The molecule has 3 aromatic rings. The van der Waals surface area contributed by atoms with Crippen LogP contribution in [-0.4, -0.2) is 26.8 Å². The largest absolute Gasteiger partial charge is 0.460 e. The minimum Gasteiger partial charge on any atom is -0.460 e. The van der Waals surface area contributed by atoms with Crippen LogP contribution in [0.15, 0.2) is 48.5 Å². The summed E-state index contributed by atoms with van der Waals surface area (Å²) in [4.78, 5) is 17.9. The summed E-state index contributed by atoms with van der Waals surface area (Å²) in [7, 11) is 0. The van der Waals surface area contributed by atoms with Crippen molar-refractivity contribution < 1.29 is 9.53 Å². The third-order valence-electron chi connectivity index (χ3n) is 5.65. The average molecular weight is 448 g/mol. The SMILES string of the molecule is CCCCCCc1ccc(C(=O)n2nc(OC(C)C)nc2-c2ccc(C(C)(C)C)cc2)cc1. The van der Waals surface area contributed by atoms with E-state index in [9.17, 15) is 4.79 Å². The molecule has 0 saturated heterocycles. The lowest BCUT2D eigenvalue weighted by molar-refractivity contribution is 0.0943. The molecule has 0 radical (unpaired) electrons. The van der Waals surface area contributed by atoms with Crippen LogP contribution in [0.2, 0.25) is 0 Å². The first-order chi connectivity index (χ1) is 15.7. The fourth-order valence-corrected chi connectivity index (χ4v) is 3.69. The molecule has 33 heavy (non-hydrogen) atoms. The number of hydrogen-bond donors (Lipinski definition) is 0. The molecule has 0 amide bonds. The molecule has 5 nitrogen and oxygen atoms in total. The summed E-state index contributed by atoms with van der Waals surface area (Å²) in [6, 6.07) is 16.2. The van der Waals surface area contributed by atoms with Gasteiger partial charge in [0.05, 0.1) is 6.10 Å². The number of unbranched alkanes of at least 4 members (excludes halogenated alkanes) is 3. The van der Waals surface area contributed by atoms with E-state index in [2.05, 4.69) is 49.9 Å². The Morgan fingerprint density at radius 1 is 0.970 bits per heavy atom. The molecule has 0 aliphatic carbocycles. The maximum absolute atomic E-state index is 13.4. The minimum absolute atomic E-state index is 0.0478. The molecule has 0 saturated carbocycles. The second-order valence-corrected chi connectivity index (χ2v) is 9.94. The molecule has 0 fully saturated rings. The number of carbonyl (C=O) groups excluding carboxylic acids is 1. The third kappa shape index (κ3) is 6.53. The lowest BCUT2D eigenvalue weighted by Crippen LogP contribution is -2.16. The van der Waals surface area contributed by atoms with Crippen LogP contribution in [0.3, 0.4) is 0 Å². The first kappa shape index (κ1) is 24.7.